The van der Waals surface area contributed by atoms with Crippen molar-refractivity contribution in [2.45, 2.75) is 38.8 Å². The maximum atomic E-state index is 11.8. The molecule has 0 spiro atoms. The summed E-state index contributed by atoms with van der Waals surface area (Å²) in [7, 11) is 1.69. The number of nitrogens with zero attached hydrogens (tertiary/aromatic N) is 1. The molecule has 0 radical (unpaired) electrons. The van der Waals surface area contributed by atoms with E-state index in [0.717, 1.165) is 19.5 Å². The lowest BCUT2D eigenvalue weighted by Crippen LogP contribution is -2.37. The van der Waals surface area contributed by atoms with Crippen molar-refractivity contribution in [3.05, 3.63) is 0 Å². The maximum absolute atomic E-state index is 11.8. The van der Waals surface area contributed by atoms with Crippen molar-refractivity contribution in [1.82, 2.24) is 4.90 Å². The van der Waals surface area contributed by atoms with Gasteiger partial charge in [0.2, 0.25) is 5.91 Å². The molecule has 15 heavy (non-hydrogen) atoms. The van der Waals surface area contributed by atoms with Crippen LogP contribution in [0.4, 0.5) is 0 Å². The van der Waals surface area contributed by atoms with Gasteiger partial charge in [-0.1, -0.05) is 13.8 Å². The molecule has 0 aromatic heterocycles. The van der Waals surface area contributed by atoms with E-state index in [1.54, 1.807) is 7.11 Å². The number of ether oxygens (including phenoxy) is 1. The molecule has 2 N–H and O–H groups in total. The smallest absolute Gasteiger partial charge is 0.224 e. The quantitative estimate of drug-likeness (QED) is 0.746. The molecule has 0 aromatic carbocycles. The molecule has 1 heterocycles. The lowest BCUT2D eigenvalue weighted by Gasteiger charge is -2.20. The van der Waals surface area contributed by atoms with Crippen LogP contribution in [0.5, 0.6) is 0 Å². The van der Waals surface area contributed by atoms with Gasteiger partial charge in [0.05, 0.1) is 6.10 Å². The van der Waals surface area contributed by atoms with Crippen molar-refractivity contribution >= 4 is 5.91 Å². The van der Waals surface area contributed by atoms with Crippen LogP contribution in [-0.2, 0) is 9.53 Å². The minimum Gasteiger partial charge on any atom is -0.380 e. The van der Waals surface area contributed by atoms with Crippen molar-refractivity contribution in [2.24, 2.45) is 11.7 Å². The zero-order valence-electron chi connectivity index (χ0n) is 9.90. The highest BCUT2D eigenvalue weighted by Gasteiger charge is 2.27. The molecule has 0 aromatic rings. The summed E-state index contributed by atoms with van der Waals surface area (Å²) in [6.45, 7) is 5.61. The van der Waals surface area contributed by atoms with Crippen LogP contribution in [0.25, 0.3) is 0 Å². The van der Waals surface area contributed by atoms with Crippen LogP contribution in [0.15, 0.2) is 0 Å². The molecule has 0 aliphatic carbocycles. The molecule has 2 atom stereocenters. The Morgan fingerprint density at radius 3 is 2.73 bits per heavy atom. The lowest BCUT2D eigenvalue weighted by molar-refractivity contribution is -0.131. The van der Waals surface area contributed by atoms with Crippen molar-refractivity contribution in [2.75, 3.05) is 20.2 Å². The van der Waals surface area contributed by atoms with Crippen molar-refractivity contribution in [3.63, 3.8) is 0 Å². The van der Waals surface area contributed by atoms with Gasteiger partial charge >= 0.3 is 0 Å². The first-order chi connectivity index (χ1) is 7.04. The van der Waals surface area contributed by atoms with Crippen LogP contribution in [0.2, 0.25) is 0 Å². The summed E-state index contributed by atoms with van der Waals surface area (Å²) in [5.74, 6) is 0.519. The molecular weight excluding hydrogens is 192 g/mol. The third kappa shape index (κ3) is 3.47. The Kier molecular flexibility index (Phi) is 4.54. The number of amides is 1. The zero-order chi connectivity index (χ0) is 11.4. The highest BCUT2D eigenvalue weighted by atomic mass is 16.5. The summed E-state index contributed by atoms with van der Waals surface area (Å²) < 4.78 is 5.22. The van der Waals surface area contributed by atoms with Crippen LogP contribution in [0, 0.1) is 5.92 Å². The zero-order valence-corrected chi connectivity index (χ0v) is 9.90. The van der Waals surface area contributed by atoms with Gasteiger partial charge in [0, 0.05) is 32.7 Å². The number of hydrogen-bond donors (Lipinski definition) is 1. The average molecular weight is 214 g/mol. The second-order valence-corrected chi connectivity index (χ2v) is 4.60. The Hall–Kier alpha value is -0.610. The fraction of sp³-hybridized carbons (Fsp3) is 0.909. The van der Waals surface area contributed by atoms with Gasteiger partial charge in [-0.15, -0.1) is 0 Å². The van der Waals surface area contributed by atoms with Gasteiger partial charge in [-0.05, 0) is 12.3 Å². The van der Waals surface area contributed by atoms with E-state index in [1.165, 1.54) is 0 Å². The molecule has 1 aliphatic rings. The first-order valence-corrected chi connectivity index (χ1v) is 5.60. The number of methoxy groups -OCH3 is 1. The SMILES string of the molecule is COC1CCN(C(=O)CC(N)C(C)C)C1. The predicted octanol–water partition coefficient (Wildman–Crippen LogP) is 0.607. The van der Waals surface area contributed by atoms with Crippen LogP contribution in [-0.4, -0.2) is 43.2 Å². The Morgan fingerprint density at radius 2 is 2.27 bits per heavy atom. The third-order valence-electron chi connectivity index (χ3n) is 3.10. The van der Waals surface area contributed by atoms with Crippen LogP contribution in [0.1, 0.15) is 26.7 Å². The third-order valence-corrected chi connectivity index (χ3v) is 3.10. The maximum Gasteiger partial charge on any atom is 0.224 e. The first-order valence-electron chi connectivity index (χ1n) is 5.60. The largest absolute Gasteiger partial charge is 0.380 e. The van der Waals surface area contributed by atoms with Gasteiger partial charge in [0.1, 0.15) is 0 Å². The van der Waals surface area contributed by atoms with Gasteiger partial charge in [0.25, 0.3) is 0 Å². The summed E-state index contributed by atoms with van der Waals surface area (Å²) in [6, 6.07) is -0.0286. The highest BCUT2D eigenvalue weighted by molar-refractivity contribution is 5.77. The summed E-state index contributed by atoms with van der Waals surface area (Å²) in [5.41, 5.74) is 5.87. The van der Waals surface area contributed by atoms with Crippen LogP contribution in [0.3, 0.4) is 0 Å². The standard InChI is InChI=1S/C11H22N2O2/c1-8(2)10(12)6-11(14)13-5-4-9(7-13)15-3/h8-10H,4-7,12H2,1-3H3. The molecule has 1 amide bonds. The summed E-state index contributed by atoms with van der Waals surface area (Å²) in [5, 5.41) is 0. The molecule has 4 heteroatoms. The monoisotopic (exact) mass is 214 g/mol. The van der Waals surface area contributed by atoms with E-state index in [0.29, 0.717) is 12.3 Å². The Morgan fingerprint density at radius 1 is 1.60 bits per heavy atom. The molecular formula is C11H22N2O2. The van der Waals surface area contributed by atoms with Gasteiger partial charge in [0.15, 0.2) is 0 Å². The van der Waals surface area contributed by atoms with Gasteiger partial charge in [-0.25, -0.2) is 0 Å². The number of carbonyl (C=O) groups excluding carboxylic acids is 1. The first kappa shape index (κ1) is 12.5. The second-order valence-electron chi connectivity index (χ2n) is 4.60. The van der Waals surface area contributed by atoms with Gasteiger partial charge in [-0.2, -0.15) is 0 Å². The molecule has 0 bridgehead atoms. The average Bonchev–Trinajstić information content (AvgIpc) is 2.65. The molecule has 0 saturated carbocycles. The highest BCUT2D eigenvalue weighted by Crippen LogP contribution is 2.14. The van der Waals surface area contributed by atoms with Crippen LogP contribution >= 0.6 is 0 Å². The van der Waals surface area contributed by atoms with E-state index in [2.05, 4.69) is 0 Å². The fourth-order valence-corrected chi connectivity index (χ4v) is 1.71. The number of rotatable bonds is 4. The van der Waals surface area contributed by atoms with Crippen molar-refractivity contribution in [1.29, 1.82) is 0 Å². The molecule has 1 aliphatic heterocycles. The Bertz CT molecular complexity index is 219. The minimum atomic E-state index is -0.0286. The lowest BCUT2D eigenvalue weighted by atomic mass is 10.0. The van der Waals surface area contributed by atoms with E-state index < -0.39 is 0 Å². The summed E-state index contributed by atoms with van der Waals surface area (Å²) >= 11 is 0. The molecule has 88 valence electrons. The molecule has 1 fully saturated rings. The minimum absolute atomic E-state index is 0.0286. The van der Waals surface area contributed by atoms with Crippen molar-refractivity contribution in [3.8, 4) is 0 Å². The van der Waals surface area contributed by atoms with E-state index in [9.17, 15) is 4.79 Å². The fourth-order valence-electron chi connectivity index (χ4n) is 1.71. The topological polar surface area (TPSA) is 55.6 Å². The molecule has 4 nitrogen and oxygen atoms in total. The number of likely N-dealkylation sites (tertiary alicyclic amines) is 1. The predicted molar refractivity (Wildman–Crippen MR) is 59.4 cm³/mol. The van der Waals surface area contributed by atoms with Gasteiger partial charge < -0.3 is 15.4 Å². The Labute approximate surface area is 91.8 Å². The molecule has 1 rings (SSSR count). The van der Waals surface area contributed by atoms with Crippen LogP contribution < -0.4 is 5.73 Å². The van der Waals surface area contributed by atoms with Gasteiger partial charge in [-0.3, -0.25) is 4.79 Å². The number of carbonyl (C=O) groups is 1. The summed E-state index contributed by atoms with van der Waals surface area (Å²) in [6.07, 6.45) is 1.61. The van der Waals surface area contributed by atoms with E-state index >= 15 is 0 Å². The molecule has 1 saturated heterocycles. The summed E-state index contributed by atoms with van der Waals surface area (Å²) in [4.78, 5) is 13.7. The normalized spacial score (nSPS) is 23.5. The van der Waals surface area contributed by atoms with E-state index in [1.807, 2.05) is 18.7 Å². The second kappa shape index (κ2) is 5.47. The van der Waals surface area contributed by atoms with E-state index in [4.69, 9.17) is 10.5 Å². The van der Waals surface area contributed by atoms with E-state index in [-0.39, 0.29) is 18.1 Å². The Balaban J connectivity index is 2.35. The number of nitrogens with two attached hydrogens (primary N) is 1. The molecule has 2 unspecified atom stereocenters. The number of hydrogen-bond acceptors (Lipinski definition) is 3. The van der Waals surface area contributed by atoms with Crippen molar-refractivity contribution < 1.29 is 9.53 Å².